The molecule has 2 saturated carbocycles. The smallest absolute Gasteiger partial charge is 0.164 e. The monoisotopic (exact) mass is 222 g/mol. The molecule has 2 fully saturated rings. The van der Waals surface area contributed by atoms with E-state index in [9.17, 15) is 9.90 Å². The normalized spacial score (nSPS) is 46.9. The van der Waals surface area contributed by atoms with Gasteiger partial charge in [-0.1, -0.05) is 19.9 Å². The second kappa shape index (κ2) is 3.99. The summed E-state index contributed by atoms with van der Waals surface area (Å²) in [6.45, 7) is 6.16. The molecule has 2 aliphatic carbocycles. The van der Waals surface area contributed by atoms with Gasteiger partial charge in [-0.05, 0) is 50.0 Å². The van der Waals surface area contributed by atoms with Crippen molar-refractivity contribution in [2.75, 3.05) is 0 Å². The molecule has 2 aliphatic rings. The average molecular weight is 222 g/mol. The van der Waals surface area contributed by atoms with Crippen LogP contribution in [0, 0.1) is 17.3 Å². The van der Waals surface area contributed by atoms with Crippen molar-refractivity contribution in [2.24, 2.45) is 17.3 Å². The minimum absolute atomic E-state index is 0.210. The fourth-order valence-electron chi connectivity index (χ4n) is 3.67. The molecule has 0 aromatic rings. The van der Waals surface area contributed by atoms with Gasteiger partial charge >= 0.3 is 0 Å². The van der Waals surface area contributed by atoms with E-state index < -0.39 is 0 Å². The summed E-state index contributed by atoms with van der Waals surface area (Å²) in [5.41, 5.74) is 0.793. The predicted molar refractivity (Wildman–Crippen MR) is 64.0 cm³/mol. The lowest BCUT2D eigenvalue weighted by Crippen LogP contribution is -2.50. The summed E-state index contributed by atoms with van der Waals surface area (Å²) in [6, 6.07) is 0. The van der Waals surface area contributed by atoms with Crippen LogP contribution in [0.2, 0.25) is 0 Å². The Labute approximate surface area is 97.7 Å². The van der Waals surface area contributed by atoms with Gasteiger partial charge in [-0.25, -0.2) is 0 Å². The molecule has 0 bridgehead atoms. The van der Waals surface area contributed by atoms with Gasteiger partial charge in [0.2, 0.25) is 0 Å². The summed E-state index contributed by atoms with van der Waals surface area (Å²) in [5, 5.41) is 9.91. The number of rotatable bonds is 0. The van der Waals surface area contributed by atoms with Crippen molar-refractivity contribution in [1.29, 1.82) is 0 Å². The molecule has 4 atom stereocenters. The fourth-order valence-corrected chi connectivity index (χ4v) is 3.67. The Hall–Kier alpha value is -0.630. The zero-order chi connectivity index (χ0) is 11.9. The molecule has 0 aromatic heterocycles. The minimum atomic E-state index is -0.210. The molecule has 0 amide bonds. The summed E-state index contributed by atoms with van der Waals surface area (Å²) in [7, 11) is 0. The maximum atomic E-state index is 12.4. The molecule has 0 saturated heterocycles. The number of aliphatic hydroxyl groups is 1. The van der Waals surface area contributed by atoms with E-state index >= 15 is 0 Å². The number of fused-ring (bicyclic) bond motifs is 1. The van der Waals surface area contributed by atoms with Gasteiger partial charge in [0.1, 0.15) is 0 Å². The molecule has 16 heavy (non-hydrogen) atoms. The van der Waals surface area contributed by atoms with Crippen LogP contribution in [0.1, 0.15) is 46.5 Å². The van der Waals surface area contributed by atoms with Crippen molar-refractivity contribution in [3.63, 3.8) is 0 Å². The van der Waals surface area contributed by atoms with E-state index in [-0.39, 0.29) is 17.4 Å². The van der Waals surface area contributed by atoms with E-state index in [4.69, 9.17) is 0 Å². The highest BCUT2D eigenvalue weighted by atomic mass is 16.3. The van der Waals surface area contributed by atoms with Gasteiger partial charge in [-0.15, -0.1) is 0 Å². The van der Waals surface area contributed by atoms with E-state index in [1.165, 1.54) is 0 Å². The number of ketones is 1. The van der Waals surface area contributed by atoms with Crippen molar-refractivity contribution in [2.45, 2.75) is 52.6 Å². The van der Waals surface area contributed by atoms with Crippen LogP contribution in [0.25, 0.3) is 0 Å². The van der Waals surface area contributed by atoms with Gasteiger partial charge in [0, 0.05) is 5.41 Å². The van der Waals surface area contributed by atoms with E-state index in [2.05, 4.69) is 13.8 Å². The Morgan fingerprint density at radius 3 is 2.75 bits per heavy atom. The number of aliphatic hydroxyl groups excluding tert-OH is 1. The molecular weight excluding hydrogens is 200 g/mol. The quantitative estimate of drug-likeness (QED) is 0.640. The maximum Gasteiger partial charge on any atom is 0.164 e. The lowest BCUT2D eigenvalue weighted by atomic mass is 9.55. The Balaban J connectivity index is 2.32. The van der Waals surface area contributed by atoms with Gasteiger partial charge in [0.15, 0.2) is 5.78 Å². The van der Waals surface area contributed by atoms with E-state index in [1.54, 1.807) is 0 Å². The van der Waals surface area contributed by atoms with Crippen LogP contribution in [-0.2, 0) is 4.79 Å². The standard InChI is InChI=1S/C14H22O2/c1-4-10-5-6-11-9(2)12(15)7-8-14(11,3)13(10)16/h4,9,11-12,15H,5-8H2,1-3H3/t9-,11?,12?,14-/m0/s1. The molecule has 0 aromatic carbocycles. The molecule has 2 unspecified atom stereocenters. The van der Waals surface area contributed by atoms with Crippen molar-refractivity contribution in [3.05, 3.63) is 11.6 Å². The summed E-state index contributed by atoms with van der Waals surface area (Å²) in [6.07, 6.45) is 5.33. The lowest BCUT2D eigenvalue weighted by molar-refractivity contribution is -0.138. The number of Topliss-reactive ketones (excluding diaryl/α,β-unsaturated/α-hetero) is 1. The number of hydrogen-bond acceptors (Lipinski definition) is 2. The van der Waals surface area contributed by atoms with Gasteiger partial charge in [-0.3, -0.25) is 4.79 Å². The van der Waals surface area contributed by atoms with Crippen LogP contribution < -0.4 is 0 Å². The van der Waals surface area contributed by atoms with Crippen LogP contribution in [0.15, 0.2) is 11.6 Å². The van der Waals surface area contributed by atoms with Gasteiger partial charge in [-0.2, -0.15) is 0 Å². The Morgan fingerprint density at radius 1 is 1.44 bits per heavy atom. The summed E-state index contributed by atoms with van der Waals surface area (Å²) >= 11 is 0. The molecule has 0 spiro atoms. The summed E-state index contributed by atoms with van der Waals surface area (Å²) < 4.78 is 0. The third-order valence-corrected chi connectivity index (χ3v) is 4.90. The number of allylic oxidation sites excluding steroid dienone is 2. The Kier molecular flexibility index (Phi) is 2.95. The molecule has 0 heterocycles. The van der Waals surface area contributed by atoms with E-state index in [1.807, 2.05) is 13.0 Å². The highest BCUT2D eigenvalue weighted by Gasteiger charge is 2.51. The van der Waals surface area contributed by atoms with Gasteiger partial charge < -0.3 is 5.11 Å². The Bertz CT molecular complexity index is 332. The predicted octanol–water partition coefficient (Wildman–Crippen LogP) is 2.71. The summed E-state index contributed by atoms with van der Waals surface area (Å²) in [4.78, 5) is 12.4. The number of carbonyl (C=O) groups is 1. The first-order chi connectivity index (χ1) is 7.50. The topological polar surface area (TPSA) is 37.3 Å². The van der Waals surface area contributed by atoms with E-state index in [0.717, 1.165) is 31.3 Å². The van der Waals surface area contributed by atoms with Crippen molar-refractivity contribution < 1.29 is 9.90 Å². The zero-order valence-electron chi connectivity index (χ0n) is 10.5. The Morgan fingerprint density at radius 2 is 2.12 bits per heavy atom. The highest BCUT2D eigenvalue weighted by molar-refractivity contribution is 6.00. The van der Waals surface area contributed by atoms with Crippen molar-refractivity contribution >= 4 is 5.78 Å². The molecule has 90 valence electrons. The molecular formula is C14H22O2. The minimum Gasteiger partial charge on any atom is -0.393 e. The second-order valence-electron chi connectivity index (χ2n) is 5.67. The van der Waals surface area contributed by atoms with Crippen molar-refractivity contribution in [1.82, 2.24) is 0 Å². The van der Waals surface area contributed by atoms with Gasteiger partial charge in [0.25, 0.3) is 0 Å². The molecule has 0 radical (unpaired) electrons. The first kappa shape index (κ1) is 11.8. The van der Waals surface area contributed by atoms with Crippen molar-refractivity contribution in [3.8, 4) is 0 Å². The molecule has 2 nitrogen and oxygen atoms in total. The molecule has 2 rings (SSSR count). The average Bonchev–Trinajstić information content (AvgIpc) is 2.27. The third kappa shape index (κ3) is 1.55. The largest absolute Gasteiger partial charge is 0.393 e. The molecule has 2 heteroatoms. The van der Waals surface area contributed by atoms with Crippen LogP contribution in [0.4, 0.5) is 0 Å². The maximum absolute atomic E-state index is 12.4. The second-order valence-corrected chi connectivity index (χ2v) is 5.67. The highest BCUT2D eigenvalue weighted by Crippen LogP contribution is 2.51. The lowest BCUT2D eigenvalue weighted by Gasteiger charge is -2.49. The number of hydrogen-bond donors (Lipinski definition) is 1. The molecule has 0 aliphatic heterocycles. The zero-order valence-corrected chi connectivity index (χ0v) is 10.5. The third-order valence-electron chi connectivity index (χ3n) is 4.90. The number of carbonyl (C=O) groups excluding carboxylic acids is 1. The SMILES string of the molecule is CC=C1CCC2[C@H](C)C(O)CC[C@]2(C)C1=O. The fraction of sp³-hybridized carbons (Fsp3) is 0.786. The molecule has 1 N–H and O–H groups in total. The first-order valence-electron chi connectivity index (χ1n) is 6.38. The van der Waals surface area contributed by atoms with Crippen LogP contribution in [0.3, 0.4) is 0 Å². The van der Waals surface area contributed by atoms with E-state index in [0.29, 0.717) is 11.7 Å². The van der Waals surface area contributed by atoms with Crippen LogP contribution in [-0.4, -0.2) is 17.0 Å². The van der Waals surface area contributed by atoms with Crippen LogP contribution >= 0.6 is 0 Å². The first-order valence-corrected chi connectivity index (χ1v) is 6.38. The van der Waals surface area contributed by atoms with Gasteiger partial charge in [0.05, 0.1) is 6.10 Å². The summed E-state index contributed by atoms with van der Waals surface area (Å²) in [5.74, 6) is 0.971. The van der Waals surface area contributed by atoms with Crippen LogP contribution in [0.5, 0.6) is 0 Å².